The van der Waals surface area contributed by atoms with Crippen LogP contribution in [-0.2, 0) is 20.3 Å². The third-order valence-electron chi connectivity index (χ3n) is 5.91. The predicted octanol–water partition coefficient (Wildman–Crippen LogP) is 4.06. The van der Waals surface area contributed by atoms with Gasteiger partial charge in [0.2, 0.25) is 0 Å². The number of hydrogen-bond acceptors (Lipinski definition) is 5. The van der Waals surface area contributed by atoms with E-state index in [0.29, 0.717) is 36.9 Å². The fraction of sp³-hybridized carbons (Fsp3) is 0.269. The van der Waals surface area contributed by atoms with Crippen molar-refractivity contribution in [3.05, 3.63) is 90.0 Å². The molecule has 1 unspecified atom stereocenters. The van der Waals surface area contributed by atoms with Gasteiger partial charge in [0, 0.05) is 23.1 Å². The van der Waals surface area contributed by atoms with Crippen LogP contribution in [0.25, 0.3) is 0 Å². The highest BCUT2D eigenvalue weighted by Gasteiger charge is 2.36. The van der Waals surface area contributed by atoms with Crippen LogP contribution < -0.4 is 14.4 Å². The molecular formula is C26H27NO5S. The number of benzene rings is 3. The van der Waals surface area contributed by atoms with Gasteiger partial charge in [-0.3, -0.25) is 4.21 Å². The van der Waals surface area contributed by atoms with Crippen molar-refractivity contribution in [2.75, 3.05) is 37.0 Å². The van der Waals surface area contributed by atoms with Crippen molar-refractivity contribution in [3.63, 3.8) is 0 Å². The second kappa shape index (κ2) is 10.1. The monoisotopic (exact) mass is 465 g/mol. The number of carbonyl (C=O) groups is 1. The van der Waals surface area contributed by atoms with E-state index < -0.39 is 28.1 Å². The van der Waals surface area contributed by atoms with Gasteiger partial charge in [0.05, 0.1) is 17.0 Å². The van der Waals surface area contributed by atoms with E-state index in [0.717, 1.165) is 16.8 Å². The second-order valence-electron chi connectivity index (χ2n) is 7.94. The van der Waals surface area contributed by atoms with E-state index in [4.69, 9.17) is 14.6 Å². The summed E-state index contributed by atoms with van der Waals surface area (Å²) in [6.07, 6.45) is 0. The van der Waals surface area contributed by atoms with E-state index in [9.17, 15) is 9.00 Å². The number of carboxylic acid groups (broad SMARTS) is 1. The molecule has 6 nitrogen and oxygen atoms in total. The van der Waals surface area contributed by atoms with Crippen molar-refractivity contribution in [3.8, 4) is 11.5 Å². The molecule has 3 aromatic carbocycles. The van der Waals surface area contributed by atoms with Gasteiger partial charge in [-0.1, -0.05) is 66.7 Å². The first-order valence-corrected chi connectivity index (χ1v) is 12.2. The lowest BCUT2D eigenvalue weighted by atomic mass is 9.92. The number of rotatable bonds is 9. The summed E-state index contributed by atoms with van der Waals surface area (Å²) in [6, 6.07) is 25.4. The number of nitrogens with zero attached hydrogens (tertiary/aromatic N) is 1. The maximum atomic E-state index is 13.8. The highest BCUT2D eigenvalue weighted by Crippen LogP contribution is 2.40. The number of fused-ring (bicyclic) bond motifs is 1. The molecule has 172 valence electrons. The van der Waals surface area contributed by atoms with Crippen molar-refractivity contribution in [2.24, 2.45) is 0 Å². The molecule has 1 aliphatic heterocycles. The lowest BCUT2D eigenvalue weighted by Gasteiger charge is -2.34. The van der Waals surface area contributed by atoms with Gasteiger partial charge in [-0.05, 0) is 30.2 Å². The average Bonchev–Trinajstić information content (AvgIpc) is 2.86. The molecular weight excluding hydrogens is 438 g/mol. The summed E-state index contributed by atoms with van der Waals surface area (Å²) in [7, 11) is -1.21. The van der Waals surface area contributed by atoms with Crippen LogP contribution in [-0.4, -0.2) is 47.3 Å². The molecule has 0 aliphatic carbocycles. The van der Waals surface area contributed by atoms with Crippen LogP contribution in [0.2, 0.25) is 0 Å². The Labute approximate surface area is 196 Å². The van der Waals surface area contributed by atoms with Crippen molar-refractivity contribution >= 4 is 22.5 Å². The molecule has 1 atom stereocenters. The van der Waals surface area contributed by atoms with E-state index in [1.54, 1.807) is 6.07 Å². The predicted molar refractivity (Wildman–Crippen MR) is 130 cm³/mol. The maximum absolute atomic E-state index is 13.8. The SMILES string of the molecule is CC(c1ccccc1)(c1ccccc1)S(=O)CCN1CCOc2c(OCC(=O)O)cccc21. The van der Waals surface area contributed by atoms with Crippen LogP contribution >= 0.6 is 0 Å². The summed E-state index contributed by atoms with van der Waals surface area (Å²) < 4.78 is 24.4. The molecule has 0 saturated heterocycles. The van der Waals surface area contributed by atoms with E-state index in [-0.39, 0.29) is 0 Å². The van der Waals surface area contributed by atoms with Crippen LogP contribution in [0, 0.1) is 0 Å². The summed E-state index contributed by atoms with van der Waals surface area (Å²) in [5.74, 6) is 0.348. The van der Waals surface area contributed by atoms with Crippen LogP contribution in [0.4, 0.5) is 5.69 Å². The highest BCUT2D eigenvalue weighted by atomic mass is 32.2. The molecule has 3 aromatic rings. The molecule has 4 rings (SSSR count). The molecule has 0 saturated carbocycles. The molecule has 33 heavy (non-hydrogen) atoms. The van der Waals surface area contributed by atoms with Crippen LogP contribution in [0.1, 0.15) is 18.1 Å². The van der Waals surface area contributed by atoms with Gasteiger partial charge >= 0.3 is 5.97 Å². The molecule has 1 aliphatic rings. The third-order valence-corrected chi connectivity index (χ3v) is 7.84. The van der Waals surface area contributed by atoms with Crippen LogP contribution in [0.5, 0.6) is 11.5 Å². The van der Waals surface area contributed by atoms with Gasteiger partial charge in [-0.15, -0.1) is 0 Å². The summed E-state index contributed by atoms with van der Waals surface area (Å²) >= 11 is 0. The quantitative estimate of drug-likeness (QED) is 0.514. The van der Waals surface area contributed by atoms with Crippen molar-refractivity contribution in [1.29, 1.82) is 0 Å². The molecule has 0 spiro atoms. The Kier molecular flexibility index (Phi) is 6.99. The fourth-order valence-electron chi connectivity index (χ4n) is 4.10. The molecule has 0 radical (unpaired) electrons. The fourth-order valence-corrected chi connectivity index (χ4v) is 5.69. The number of para-hydroxylation sites is 1. The van der Waals surface area contributed by atoms with Gasteiger partial charge in [0.1, 0.15) is 6.61 Å². The van der Waals surface area contributed by atoms with Gasteiger partial charge in [0.15, 0.2) is 18.1 Å². The van der Waals surface area contributed by atoms with E-state index in [1.807, 2.05) is 79.7 Å². The zero-order valence-electron chi connectivity index (χ0n) is 18.5. The summed E-state index contributed by atoms with van der Waals surface area (Å²) in [4.78, 5) is 13.0. The number of aliphatic carboxylic acids is 1. The first-order chi connectivity index (χ1) is 16.0. The molecule has 0 amide bonds. The Bertz CT molecular complexity index is 1080. The first-order valence-electron chi connectivity index (χ1n) is 10.8. The Hall–Kier alpha value is -3.32. The topological polar surface area (TPSA) is 76.1 Å². The molecule has 0 aromatic heterocycles. The summed E-state index contributed by atoms with van der Waals surface area (Å²) in [5.41, 5.74) is 2.85. The van der Waals surface area contributed by atoms with Crippen molar-refractivity contribution in [1.82, 2.24) is 0 Å². The Morgan fingerprint density at radius 1 is 1.03 bits per heavy atom. The standard InChI is InChI=1S/C26H27NO5S/c1-26(20-9-4-2-5-10-20,21-11-6-3-7-12-21)33(30)18-16-27-15-17-31-25-22(27)13-8-14-23(25)32-19-24(28)29/h2-14H,15-19H2,1H3,(H,28,29). The number of anilines is 1. The van der Waals surface area contributed by atoms with E-state index in [1.165, 1.54) is 0 Å². The minimum atomic E-state index is -1.21. The van der Waals surface area contributed by atoms with Gasteiger partial charge in [-0.2, -0.15) is 0 Å². The van der Waals surface area contributed by atoms with Gasteiger partial charge < -0.3 is 19.5 Å². The van der Waals surface area contributed by atoms with Crippen LogP contribution in [0.15, 0.2) is 78.9 Å². The smallest absolute Gasteiger partial charge is 0.341 e. The van der Waals surface area contributed by atoms with Crippen LogP contribution in [0.3, 0.4) is 0 Å². The Balaban J connectivity index is 1.56. The third kappa shape index (κ3) is 4.88. The summed E-state index contributed by atoms with van der Waals surface area (Å²) in [6.45, 7) is 3.28. The van der Waals surface area contributed by atoms with Gasteiger partial charge in [-0.25, -0.2) is 4.79 Å². The largest absolute Gasteiger partial charge is 0.486 e. The molecule has 1 N–H and O–H groups in total. The Morgan fingerprint density at radius 3 is 2.27 bits per heavy atom. The van der Waals surface area contributed by atoms with Gasteiger partial charge in [0.25, 0.3) is 0 Å². The molecule has 1 heterocycles. The molecule has 0 fully saturated rings. The number of carboxylic acids is 1. The lowest BCUT2D eigenvalue weighted by molar-refractivity contribution is -0.139. The highest BCUT2D eigenvalue weighted by molar-refractivity contribution is 7.86. The minimum Gasteiger partial charge on any atom is -0.486 e. The van der Waals surface area contributed by atoms with E-state index in [2.05, 4.69) is 4.90 Å². The number of hydrogen-bond donors (Lipinski definition) is 1. The van der Waals surface area contributed by atoms with E-state index >= 15 is 0 Å². The number of ether oxygens (including phenoxy) is 2. The first kappa shape index (κ1) is 22.9. The molecule has 7 heteroatoms. The van der Waals surface area contributed by atoms with Crippen molar-refractivity contribution in [2.45, 2.75) is 11.7 Å². The minimum absolute atomic E-state index is 0.402. The lowest BCUT2D eigenvalue weighted by Crippen LogP contribution is -2.39. The normalized spacial score (nSPS) is 14.2. The van der Waals surface area contributed by atoms with Crippen molar-refractivity contribution < 1.29 is 23.6 Å². The average molecular weight is 466 g/mol. The zero-order chi connectivity index (χ0) is 23.3. The second-order valence-corrected chi connectivity index (χ2v) is 9.85. The summed E-state index contributed by atoms with van der Waals surface area (Å²) in [5, 5.41) is 8.93. The zero-order valence-corrected chi connectivity index (χ0v) is 19.3. The molecule has 0 bridgehead atoms. The maximum Gasteiger partial charge on any atom is 0.341 e. The Morgan fingerprint density at radius 2 is 1.67 bits per heavy atom.